The van der Waals surface area contributed by atoms with Crippen LogP contribution in [0.3, 0.4) is 0 Å². The van der Waals surface area contributed by atoms with E-state index < -0.39 is 20.2 Å². The fourth-order valence-corrected chi connectivity index (χ4v) is 4.18. The van der Waals surface area contributed by atoms with Crippen molar-refractivity contribution in [1.82, 2.24) is 0 Å². The fourth-order valence-electron chi connectivity index (χ4n) is 3.04. The smallest absolute Gasteiger partial charge is 0.264 e. The van der Waals surface area contributed by atoms with E-state index >= 15 is 0 Å². The van der Waals surface area contributed by atoms with Gasteiger partial charge in [0.2, 0.25) is 0 Å². The zero-order valence-corrected chi connectivity index (χ0v) is 17.7. The molecule has 0 unspecified atom stereocenters. The van der Waals surface area contributed by atoms with Gasteiger partial charge in [-0.25, -0.2) is 0 Å². The third-order valence-corrected chi connectivity index (χ3v) is 6.16. The normalized spacial score (nSPS) is 12.5. The standard InChI is InChI=1S/C18H38O6S2/c19-25(20,21)17-15-13-11-9-7-5-3-1-2-4-6-8-10-12-14-16-18-26(22,23)24/h1-18H2,(H,19,20,21)(H,22,23,24). The van der Waals surface area contributed by atoms with Gasteiger partial charge in [-0.05, 0) is 12.8 Å². The predicted octanol–water partition coefficient (Wildman–Crippen LogP) is 5.00. The maximum Gasteiger partial charge on any atom is 0.264 e. The zero-order chi connectivity index (χ0) is 19.7. The number of hydrogen-bond acceptors (Lipinski definition) is 4. The van der Waals surface area contributed by atoms with Gasteiger partial charge in [0.25, 0.3) is 20.2 Å². The molecule has 0 saturated heterocycles. The van der Waals surface area contributed by atoms with Crippen LogP contribution in [0.1, 0.15) is 103 Å². The summed E-state index contributed by atoms with van der Waals surface area (Å²) in [5.74, 6) is -0.227. The lowest BCUT2D eigenvalue weighted by Gasteiger charge is -2.03. The van der Waals surface area contributed by atoms with Gasteiger partial charge >= 0.3 is 0 Å². The summed E-state index contributed by atoms with van der Waals surface area (Å²) in [5.41, 5.74) is 0. The summed E-state index contributed by atoms with van der Waals surface area (Å²) in [7, 11) is -7.56. The molecule has 158 valence electrons. The van der Waals surface area contributed by atoms with Crippen LogP contribution in [0.4, 0.5) is 0 Å². The topological polar surface area (TPSA) is 109 Å². The van der Waals surface area contributed by atoms with Crippen LogP contribution in [0.25, 0.3) is 0 Å². The first-order valence-corrected chi connectivity index (χ1v) is 13.3. The third kappa shape index (κ3) is 23.8. The molecule has 6 nitrogen and oxygen atoms in total. The molecule has 0 aromatic heterocycles. The molecule has 0 amide bonds. The second-order valence-corrected chi connectivity index (χ2v) is 10.4. The number of rotatable bonds is 19. The first kappa shape index (κ1) is 25.8. The van der Waals surface area contributed by atoms with Crippen LogP contribution in [0, 0.1) is 0 Å². The first-order chi connectivity index (χ1) is 12.2. The van der Waals surface area contributed by atoms with Gasteiger partial charge in [-0.3, -0.25) is 9.11 Å². The molecule has 0 heterocycles. The molecular formula is C18H38O6S2. The van der Waals surface area contributed by atoms with Crippen molar-refractivity contribution in [2.45, 2.75) is 103 Å². The van der Waals surface area contributed by atoms with Gasteiger partial charge < -0.3 is 0 Å². The molecule has 0 atom stereocenters. The Morgan fingerprint density at radius 2 is 0.500 bits per heavy atom. The Morgan fingerprint density at radius 1 is 0.346 bits per heavy atom. The van der Waals surface area contributed by atoms with Crippen LogP contribution >= 0.6 is 0 Å². The Morgan fingerprint density at radius 3 is 0.654 bits per heavy atom. The van der Waals surface area contributed by atoms with Crippen LogP contribution in [0.5, 0.6) is 0 Å². The quantitative estimate of drug-likeness (QED) is 0.227. The average molecular weight is 415 g/mol. The van der Waals surface area contributed by atoms with E-state index in [1.807, 2.05) is 0 Å². The van der Waals surface area contributed by atoms with Gasteiger partial charge in [0.05, 0.1) is 11.5 Å². The molecule has 0 radical (unpaired) electrons. The van der Waals surface area contributed by atoms with Gasteiger partial charge in [0.1, 0.15) is 0 Å². The number of hydrogen-bond donors (Lipinski definition) is 2. The van der Waals surface area contributed by atoms with E-state index in [1.165, 1.54) is 51.4 Å². The van der Waals surface area contributed by atoms with Gasteiger partial charge in [0, 0.05) is 0 Å². The summed E-state index contributed by atoms with van der Waals surface area (Å²) in [5, 5.41) is 0. The highest BCUT2D eigenvalue weighted by Crippen LogP contribution is 2.14. The summed E-state index contributed by atoms with van der Waals surface area (Å²) in [6.07, 6.45) is 17.2. The van der Waals surface area contributed by atoms with E-state index in [4.69, 9.17) is 9.11 Å². The minimum absolute atomic E-state index is 0.114. The summed E-state index contributed by atoms with van der Waals surface area (Å²) in [6.45, 7) is 0. The molecule has 0 aliphatic heterocycles. The molecule has 0 bridgehead atoms. The van der Waals surface area contributed by atoms with Crippen LogP contribution in [-0.4, -0.2) is 37.4 Å². The maximum atomic E-state index is 10.6. The van der Waals surface area contributed by atoms with Crippen molar-refractivity contribution in [3.8, 4) is 0 Å². The van der Waals surface area contributed by atoms with E-state index in [0.717, 1.165) is 38.5 Å². The van der Waals surface area contributed by atoms with E-state index in [0.29, 0.717) is 12.8 Å². The van der Waals surface area contributed by atoms with E-state index in [9.17, 15) is 16.8 Å². The summed E-state index contributed by atoms with van der Waals surface area (Å²) >= 11 is 0. The van der Waals surface area contributed by atoms with Gasteiger partial charge in [-0.2, -0.15) is 16.8 Å². The molecule has 0 rings (SSSR count). The van der Waals surface area contributed by atoms with E-state index in [2.05, 4.69) is 0 Å². The minimum atomic E-state index is -3.78. The SMILES string of the molecule is O=S(=O)(O)CCCCCCCCCCCCCCCCCCS(=O)(=O)O. The Bertz CT molecular complexity index is 466. The Labute approximate surface area is 160 Å². The first-order valence-electron chi connectivity index (χ1n) is 10.1. The van der Waals surface area contributed by atoms with Crippen LogP contribution in [-0.2, 0) is 20.2 Å². The van der Waals surface area contributed by atoms with Crippen molar-refractivity contribution in [1.29, 1.82) is 0 Å². The molecule has 0 spiro atoms. The van der Waals surface area contributed by atoms with E-state index in [-0.39, 0.29) is 11.5 Å². The van der Waals surface area contributed by atoms with Crippen LogP contribution < -0.4 is 0 Å². The third-order valence-electron chi connectivity index (χ3n) is 4.55. The van der Waals surface area contributed by atoms with Gasteiger partial charge in [-0.15, -0.1) is 0 Å². The van der Waals surface area contributed by atoms with Gasteiger partial charge in [0.15, 0.2) is 0 Å². The highest BCUT2D eigenvalue weighted by molar-refractivity contribution is 7.86. The van der Waals surface area contributed by atoms with Crippen molar-refractivity contribution < 1.29 is 25.9 Å². The molecule has 0 aliphatic carbocycles. The summed E-state index contributed by atoms with van der Waals surface area (Å²) < 4.78 is 59.4. The highest BCUT2D eigenvalue weighted by atomic mass is 32.2. The lowest BCUT2D eigenvalue weighted by Crippen LogP contribution is -2.03. The van der Waals surface area contributed by atoms with Gasteiger partial charge in [-0.1, -0.05) is 89.9 Å². The van der Waals surface area contributed by atoms with Crippen molar-refractivity contribution >= 4 is 20.2 Å². The minimum Gasteiger partial charge on any atom is -0.286 e. The molecule has 26 heavy (non-hydrogen) atoms. The molecule has 0 aromatic carbocycles. The van der Waals surface area contributed by atoms with Crippen molar-refractivity contribution in [2.24, 2.45) is 0 Å². The fraction of sp³-hybridized carbons (Fsp3) is 1.00. The predicted molar refractivity (Wildman–Crippen MR) is 107 cm³/mol. The zero-order valence-electron chi connectivity index (χ0n) is 16.1. The molecule has 8 heteroatoms. The molecule has 0 saturated carbocycles. The summed E-state index contributed by atoms with van der Waals surface area (Å²) in [6, 6.07) is 0. The average Bonchev–Trinajstić information content (AvgIpc) is 2.51. The lowest BCUT2D eigenvalue weighted by atomic mass is 10.0. The Hall–Kier alpha value is -0.180. The van der Waals surface area contributed by atoms with Crippen molar-refractivity contribution in [3.63, 3.8) is 0 Å². The highest BCUT2D eigenvalue weighted by Gasteiger charge is 2.03. The Balaban J connectivity index is 3.11. The van der Waals surface area contributed by atoms with Crippen LogP contribution in [0.15, 0.2) is 0 Å². The second kappa shape index (κ2) is 15.8. The second-order valence-electron chi connectivity index (χ2n) is 7.23. The molecular weight excluding hydrogens is 376 g/mol. The summed E-state index contributed by atoms with van der Waals surface area (Å²) in [4.78, 5) is 0. The Kier molecular flexibility index (Phi) is 15.7. The largest absolute Gasteiger partial charge is 0.286 e. The van der Waals surface area contributed by atoms with Crippen LogP contribution in [0.2, 0.25) is 0 Å². The molecule has 0 fully saturated rings. The van der Waals surface area contributed by atoms with E-state index in [1.54, 1.807) is 0 Å². The molecule has 2 N–H and O–H groups in total. The monoisotopic (exact) mass is 414 g/mol. The lowest BCUT2D eigenvalue weighted by molar-refractivity contribution is 0.475. The molecule has 0 aromatic rings. The number of unbranched alkanes of at least 4 members (excludes halogenated alkanes) is 15. The van der Waals surface area contributed by atoms with Crippen molar-refractivity contribution in [2.75, 3.05) is 11.5 Å². The molecule has 0 aliphatic rings. The van der Waals surface area contributed by atoms with Crippen molar-refractivity contribution in [3.05, 3.63) is 0 Å². The maximum absolute atomic E-state index is 10.6.